The minimum atomic E-state index is -0.683. The lowest BCUT2D eigenvalue weighted by Gasteiger charge is -2.12. The van der Waals surface area contributed by atoms with Gasteiger partial charge in [0.2, 0.25) is 0 Å². The van der Waals surface area contributed by atoms with Crippen LogP contribution in [0.3, 0.4) is 0 Å². The Kier molecular flexibility index (Phi) is 6.29. The van der Waals surface area contributed by atoms with Crippen LogP contribution in [0, 0.1) is 17.2 Å². The number of rotatable bonds is 6. The molecule has 3 amide bonds. The van der Waals surface area contributed by atoms with E-state index in [2.05, 4.69) is 34.4 Å². The standard InChI is InChI=1S/C18H21N5O2/c1-12(2)3-4-13-9-14(16-10-20-11-22-16)5-6-15(13)17(24)23-18(25)21-8-7-19/h5-6,9-12H,3-4,8H2,1-2H3,(H,20,22)(H2,21,23,24,25). The molecule has 3 N–H and O–H groups in total. The summed E-state index contributed by atoms with van der Waals surface area (Å²) in [7, 11) is 0. The van der Waals surface area contributed by atoms with Crippen molar-refractivity contribution in [1.29, 1.82) is 5.26 Å². The molecule has 130 valence electrons. The van der Waals surface area contributed by atoms with Crippen LogP contribution < -0.4 is 10.6 Å². The third kappa shape index (κ3) is 5.18. The number of imide groups is 1. The van der Waals surface area contributed by atoms with Crippen molar-refractivity contribution in [3.05, 3.63) is 41.9 Å². The Hall–Kier alpha value is -3.14. The number of aromatic nitrogens is 2. The van der Waals surface area contributed by atoms with E-state index >= 15 is 0 Å². The third-order valence-electron chi connectivity index (χ3n) is 3.69. The van der Waals surface area contributed by atoms with E-state index in [9.17, 15) is 9.59 Å². The second-order valence-corrected chi connectivity index (χ2v) is 6.05. The average Bonchev–Trinajstić information content (AvgIpc) is 3.12. The van der Waals surface area contributed by atoms with Crippen molar-refractivity contribution in [1.82, 2.24) is 20.6 Å². The molecule has 1 heterocycles. The summed E-state index contributed by atoms with van der Waals surface area (Å²) in [6.45, 7) is 4.08. The molecule has 2 rings (SSSR count). The van der Waals surface area contributed by atoms with Crippen LogP contribution in [-0.2, 0) is 6.42 Å². The number of carbonyl (C=O) groups excluding carboxylic acids is 2. The summed E-state index contributed by atoms with van der Waals surface area (Å²) in [5.41, 5.74) is 3.02. The Balaban J connectivity index is 2.24. The van der Waals surface area contributed by atoms with Crippen molar-refractivity contribution in [2.24, 2.45) is 5.92 Å². The van der Waals surface area contributed by atoms with E-state index < -0.39 is 11.9 Å². The quantitative estimate of drug-likeness (QED) is 0.702. The van der Waals surface area contributed by atoms with Crippen LogP contribution in [0.2, 0.25) is 0 Å². The SMILES string of the molecule is CC(C)CCc1cc(-c2c[nH]cn2)ccc1C(=O)NC(=O)NCC#N. The van der Waals surface area contributed by atoms with Crippen molar-refractivity contribution in [3.63, 3.8) is 0 Å². The molecule has 0 aliphatic carbocycles. The highest BCUT2D eigenvalue weighted by atomic mass is 16.2. The summed E-state index contributed by atoms with van der Waals surface area (Å²) in [5, 5.41) is 13.0. The summed E-state index contributed by atoms with van der Waals surface area (Å²) < 4.78 is 0. The topological polar surface area (TPSA) is 111 Å². The zero-order valence-electron chi connectivity index (χ0n) is 14.3. The normalized spacial score (nSPS) is 10.3. The van der Waals surface area contributed by atoms with Gasteiger partial charge in [0, 0.05) is 17.3 Å². The summed E-state index contributed by atoms with van der Waals surface area (Å²) in [5.74, 6) is 0.00616. The maximum absolute atomic E-state index is 12.4. The number of H-pyrrole nitrogens is 1. The van der Waals surface area contributed by atoms with Gasteiger partial charge >= 0.3 is 6.03 Å². The van der Waals surface area contributed by atoms with Gasteiger partial charge in [-0.25, -0.2) is 9.78 Å². The summed E-state index contributed by atoms with van der Waals surface area (Å²) in [4.78, 5) is 31.2. The first-order valence-corrected chi connectivity index (χ1v) is 8.09. The lowest BCUT2D eigenvalue weighted by atomic mass is 9.95. The Bertz CT molecular complexity index is 775. The number of nitrogens with zero attached hydrogens (tertiary/aromatic N) is 2. The molecule has 0 radical (unpaired) electrons. The molecule has 2 aromatic rings. The van der Waals surface area contributed by atoms with Gasteiger partial charge in [-0.1, -0.05) is 19.9 Å². The van der Waals surface area contributed by atoms with Crippen LogP contribution in [0.15, 0.2) is 30.7 Å². The number of amides is 3. The van der Waals surface area contributed by atoms with E-state index in [1.807, 2.05) is 6.07 Å². The number of carbonyl (C=O) groups is 2. The number of hydrogen-bond acceptors (Lipinski definition) is 4. The molecular formula is C18H21N5O2. The molecule has 0 unspecified atom stereocenters. The number of aryl methyl sites for hydroxylation is 1. The predicted octanol–water partition coefficient (Wildman–Crippen LogP) is 2.63. The molecule has 0 saturated heterocycles. The van der Waals surface area contributed by atoms with Crippen molar-refractivity contribution in [3.8, 4) is 17.3 Å². The molecule has 0 bridgehead atoms. The first-order valence-electron chi connectivity index (χ1n) is 8.09. The number of benzene rings is 1. The fourth-order valence-electron chi connectivity index (χ4n) is 2.38. The highest BCUT2D eigenvalue weighted by Crippen LogP contribution is 2.22. The summed E-state index contributed by atoms with van der Waals surface area (Å²) >= 11 is 0. The van der Waals surface area contributed by atoms with Gasteiger partial charge in [-0.2, -0.15) is 5.26 Å². The van der Waals surface area contributed by atoms with Crippen LogP contribution in [0.5, 0.6) is 0 Å². The molecular weight excluding hydrogens is 318 g/mol. The van der Waals surface area contributed by atoms with Crippen LogP contribution in [0.4, 0.5) is 4.79 Å². The van der Waals surface area contributed by atoms with Crippen molar-refractivity contribution >= 4 is 11.9 Å². The monoisotopic (exact) mass is 339 g/mol. The number of hydrogen-bond donors (Lipinski definition) is 3. The Morgan fingerprint density at radius 1 is 1.36 bits per heavy atom. The lowest BCUT2D eigenvalue weighted by molar-refractivity contribution is 0.0963. The number of aromatic amines is 1. The molecule has 7 heteroatoms. The van der Waals surface area contributed by atoms with E-state index in [0.29, 0.717) is 11.5 Å². The van der Waals surface area contributed by atoms with Gasteiger partial charge in [0.15, 0.2) is 0 Å². The average molecular weight is 339 g/mol. The van der Waals surface area contributed by atoms with E-state index in [4.69, 9.17) is 5.26 Å². The number of nitrogens with one attached hydrogen (secondary N) is 3. The van der Waals surface area contributed by atoms with Gasteiger partial charge < -0.3 is 10.3 Å². The summed E-state index contributed by atoms with van der Waals surface area (Å²) in [6.07, 6.45) is 5.03. The fraction of sp³-hybridized carbons (Fsp3) is 0.333. The highest BCUT2D eigenvalue weighted by molar-refractivity contribution is 6.05. The molecule has 25 heavy (non-hydrogen) atoms. The molecule has 0 aliphatic heterocycles. The van der Waals surface area contributed by atoms with Crippen molar-refractivity contribution in [2.45, 2.75) is 26.7 Å². The highest BCUT2D eigenvalue weighted by Gasteiger charge is 2.16. The maximum atomic E-state index is 12.4. The van der Waals surface area contributed by atoms with Gasteiger partial charge in [0.05, 0.1) is 18.1 Å². The van der Waals surface area contributed by atoms with Gasteiger partial charge in [-0.3, -0.25) is 10.1 Å². The number of imidazole rings is 1. The van der Waals surface area contributed by atoms with Gasteiger partial charge in [0.1, 0.15) is 6.54 Å². The smallest absolute Gasteiger partial charge is 0.322 e. The van der Waals surface area contributed by atoms with Crippen LogP contribution in [0.1, 0.15) is 36.2 Å². The van der Waals surface area contributed by atoms with Crippen molar-refractivity contribution in [2.75, 3.05) is 6.54 Å². The van der Waals surface area contributed by atoms with Gasteiger partial charge in [-0.15, -0.1) is 0 Å². The first-order chi connectivity index (χ1) is 12.0. The first kappa shape index (κ1) is 18.2. The zero-order chi connectivity index (χ0) is 18.2. The van der Waals surface area contributed by atoms with E-state index in [1.54, 1.807) is 30.7 Å². The molecule has 0 aliphatic rings. The molecule has 0 spiro atoms. The molecule has 1 aromatic heterocycles. The minimum absolute atomic E-state index is 0.155. The lowest BCUT2D eigenvalue weighted by Crippen LogP contribution is -2.39. The third-order valence-corrected chi connectivity index (χ3v) is 3.69. The van der Waals surface area contributed by atoms with Crippen molar-refractivity contribution < 1.29 is 9.59 Å². The molecule has 0 atom stereocenters. The Labute approximate surface area is 146 Å². The molecule has 1 aromatic carbocycles. The van der Waals surface area contributed by atoms with Gasteiger partial charge in [-0.05, 0) is 36.5 Å². The van der Waals surface area contributed by atoms with Gasteiger partial charge in [0.25, 0.3) is 5.91 Å². The second-order valence-electron chi connectivity index (χ2n) is 6.05. The molecule has 7 nitrogen and oxygen atoms in total. The Morgan fingerprint density at radius 2 is 2.16 bits per heavy atom. The maximum Gasteiger partial charge on any atom is 0.322 e. The largest absolute Gasteiger partial charge is 0.351 e. The second kappa shape index (κ2) is 8.64. The van der Waals surface area contributed by atoms with Crippen LogP contribution >= 0.6 is 0 Å². The van der Waals surface area contributed by atoms with E-state index in [-0.39, 0.29) is 6.54 Å². The van der Waals surface area contributed by atoms with E-state index in [1.165, 1.54) is 0 Å². The minimum Gasteiger partial charge on any atom is -0.351 e. The predicted molar refractivity (Wildman–Crippen MR) is 93.7 cm³/mol. The Morgan fingerprint density at radius 3 is 2.80 bits per heavy atom. The molecule has 0 fully saturated rings. The number of nitriles is 1. The number of urea groups is 1. The molecule has 0 saturated carbocycles. The van der Waals surface area contributed by atoms with Crippen LogP contribution in [0.25, 0.3) is 11.3 Å². The fourth-order valence-corrected chi connectivity index (χ4v) is 2.38. The van der Waals surface area contributed by atoms with Crippen LogP contribution in [-0.4, -0.2) is 28.5 Å². The van der Waals surface area contributed by atoms with E-state index in [0.717, 1.165) is 29.7 Å². The zero-order valence-corrected chi connectivity index (χ0v) is 14.3. The summed E-state index contributed by atoms with van der Waals surface area (Å²) in [6, 6.07) is 6.54.